The number of ether oxygens (including phenoxy) is 2. The van der Waals surface area contributed by atoms with Gasteiger partial charge in [0, 0.05) is 6.42 Å². The highest BCUT2D eigenvalue weighted by molar-refractivity contribution is 5.69. The molecular weight excluding hydrogens is 276 g/mol. The van der Waals surface area contributed by atoms with E-state index in [1.807, 2.05) is 0 Å². The molecule has 22 heavy (non-hydrogen) atoms. The molecule has 0 aliphatic carbocycles. The van der Waals surface area contributed by atoms with Crippen LogP contribution in [0.3, 0.4) is 0 Å². The molecule has 0 N–H and O–H groups in total. The lowest BCUT2D eigenvalue weighted by atomic mass is 10.1. The maximum Gasteiger partial charge on any atom is 0.306 e. The predicted molar refractivity (Wildman–Crippen MR) is 87.9 cm³/mol. The standard InChI is InChI=1S/C19H24O3/c1-3-4-5-6-7-8-11-14-17-18(22-17)15-12-9-10-13-16-19(20)21-2/h4-7,17-18H,3,8,11,13-14,16H2,1-2H3/b5-4-,7-6-/t17-,18-/m1/s1. The van der Waals surface area contributed by atoms with Crippen molar-refractivity contribution < 1.29 is 14.3 Å². The first-order chi connectivity index (χ1) is 10.8. The van der Waals surface area contributed by atoms with Gasteiger partial charge in [-0.15, -0.1) is 0 Å². The van der Waals surface area contributed by atoms with E-state index in [1.54, 1.807) is 0 Å². The number of rotatable bonds is 8. The molecular formula is C19H24O3. The first kappa shape index (κ1) is 18.1. The molecule has 0 aromatic carbocycles. The Balaban J connectivity index is 2.06. The van der Waals surface area contributed by atoms with E-state index < -0.39 is 0 Å². The zero-order valence-electron chi connectivity index (χ0n) is 13.4. The number of carbonyl (C=O) groups excluding carboxylic acids is 1. The fourth-order valence-electron chi connectivity index (χ4n) is 1.80. The Morgan fingerprint density at radius 2 is 2.09 bits per heavy atom. The number of allylic oxidation sites excluding steroid dienone is 4. The summed E-state index contributed by atoms with van der Waals surface area (Å²) in [7, 11) is 1.37. The van der Waals surface area contributed by atoms with Crippen LogP contribution >= 0.6 is 0 Å². The fourth-order valence-corrected chi connectivity index (χ4v) is 1.80. The second-order valence-electron chi connectivity index (χ2n) is 4.94. The van der Waals surface area contributed by atoms with Crippen LogP contribution in [-0.4, -0.2) is 25.3 Å². The molecule has 1 rings (SSSR count). The molecule has 0 spiro atoms. The van der Waals surface area contributed by atoms with Crippen molar-refractivity contribution in [2.45, 2.75) is 57.7 Å². The molecule has 0 aromatic rings. The Morgan fingerprint density at radius 3 is 2.86 bits per heavy atom. The van der Waals surface area contributed by atoms with Gasteiger partial charge < -0.3 is 9.47 Å². The van der Waals surface area contributed by atoms with Gasteiger partial charge in [-0.05, 0) is 37.5 Å². The van der Waals surface area contributed by atoms with Crippen molar-refractivity contribution in [2.75, 3.05) is 7.11 Å². The summed E-state index contributed by atoms with van der Waals surface area (Å²) in [5.74, 6) is 11.1. The van der Waals surface area contributed by atoms with E-state index in [9.17, 15) is 4.79 Å². The van der Waals surface area contributed by atoms with Gasteiger partial charge in [0.2, 0.25) is 0 Å². The zero-order valence-corrected chi connectivity index (χ0v) is 13.4. The quantitative estimate of drug-likeness (QED) is 0.227. The van der Waals surface area contributed by atoms with Gasteiger partial charge in [0.05, 0.1) is 19.6 Å². The fraction of sp³-hybridized carbons (Fsp3) is 0.526. The smallest absolute Gasteiger partial charge is 0.306 e. The second-order valence-corrected chi connectivity index (χ2v) is 4.94. The van der Waals surface area contributed by atoms with E-state index in [0.717, 1.165) is 25.7 Å². The highest BCUT2D eigenvalue weighted by Crippen LogP contribution is 2.26. The van der Waals surface area contributed by atoms with Crippen LogP contribution in [0.4, 0.5) is 0 Å². The molecule has 0 saturated carbocycles. The number of carbonyl (C=O) groups is 1. The summed E-state index contributed by atoms with van der Waals surface area (Å²) in [4.78, 5) is 10.8. The third-order valence-electron chi connectivity index (χ3n) is 3.11. The molecule has 1 aliphatic rings. The van der Waals surface area contributed by atoms with Crippen molar-refractivity contribution in [1.82, 2.24) is 0 Å². The Bertz CT molecular complexity index is 508. The van der Waals surface area contributed by atoms with Gasteiger partial charge in [-0.2, -0.15) is 0 Å². The molecule has 1 saturated heterocycles. The van der Waals surface area contributed by atoms with E-state index in [2.05, 4.69) is 59.6 Å². The second kappa shape index (κ2) is 11.7. The van der Waals surface area contributed by atoms with Crippen LogP contribution in [0, 0.1) is 23.7 Å². The Labute approximate surface area is 133 Å². The van der Waals surface area contributed by atoms with Gasteiger partial charge in [-0.3, -0.25) is 4.79 Å². The van der Waals surface area contributed by atoms with Crippen molar-refractivity contribution in [3.8, 4) is 23.7 Å². The zero-order chi connectivity index (χ0) is 16.0. The highest BCUT2D eigenvalue weighted by Gasteiger charge is 2.36. The molecule has 118 valence electrons. The summed E-state index contributed by atoms with van der Waals surface area (Å²) in [5.41, 5.74) is 0. The lowest BCUT2D eigenvalue weighted by molar-refractivity contribution is -0.140. The number of hydrogen-bond acceptors (Lipinski definition) is 3. The van der Waals surface area contributed by atoms with E-state index in [-0.39, 0.29) is 18.2 Å². The van der Waals surface area contributed by atoms with Crippen LogP contribution in [0.5, 0.6) is 0 Å². The molecule has 1 aliphatic heterocycles. The van der Waals surface area contributed by atoms with Gasteiger partial charge in [-0.25, -0.2) is 0 Å². The summed E-state index contributed by atoms with van der Waals surface area (Å²) < 4.78 is 9.99. The van der Waals surface area contributed by atoms with Gasteiger partial charge in [0.25, 0.3) is 0 Å². The summed E-state index contributed by atoms with van der Waals surface area (Å²) in [6.07, 6.45) is 13.9. The van der Waals surface area contributed by atoms with Crippen molar-refractivity contribution >= 4 is 5.97 Å². The lowest BCUT2D eigenvalue weighted by Crippen LogP contribution is -1.98. The minimum atomic E-state index is -0.243. The summed E-state index contributed by atoms with van der Waals surface area (Å²) in [5, 5.41) is 0. The van der Waals surface area contributed by atoms with Crippen LogP contribution in [0.25, 0.3) is 0 Å². The van der Waals surface area contributed by atoms with Crippen LogP contribution in [0.2, 0.25) is 0 Å². The van der Waals surface area contributed by atoms with E-state index in [0.29, 0.717) is 12.8 Å². The Hall–Kier alpha value is -1.97. The van der Waals surface area contributed by atoms with E-state index in [1.165, 1.54) is 7.11 Å². The molecule has 0 unspecified atom stereocenters. The first-order valence-electron chi connectivity index (χ1n) is 7.80. The predicted octanol–water partition coefficient (Wildman–Crippen LogP) is 3.41. The minimum absolute atomic E-state index is 0.0406. The molecule has 3 nitrogen and oxygen atoms in total. The maximum atomic E-state index is 10.8. The van der Waals surface area contributed by atoms with Crippen molar-refractivity contribution in [1.29, 1.82) is 0 Å². The van der Waals surface area contributed by atoms with Crippen molar-refractivity contribution in [3.63, 3.8) is 0 Å². The molecule has 1 heterocycles. The average Bonchev–Trinajstić information content (AvgIpc) is 3.28. The number of hydrogen-bond donors (Lipinski definition) is 0. The Morgan fingerprint density at radius 1 is 1.27 bits per heavy atom. The van der Waals surface area contributed by atoms with Crippen LogP contribution in [0.15, 0.2) is 24.3 Å². The van der Waals surface area contributed by atoms with E-state index in [4.69, 9.17) is 4.74 Å². The first-order valence-corrected chi connectivity index (χ1v) is 7.80. The molecule has 1 fully saturated rings. The molecule has 2 atom stereocenters. The lowest BCUT2D eigenvalue weighted by Gasteiger charge is -1.91. The van der Waals surface area contributed by atoms with Crippen molar-refractivity contribution in [3.05, 3.63) is 24.3 Å². The molecule has 0 radical (unpaired) electrons. The monoisotopic (exact) mass is 300 g/mol. The minimum Gasteiger partial charge on any atom is -0.469 e. The largest absolute Gasteiger partial charge is 0.469 e. The third-order valence-corrected chi connectivity index (χ3v) is 3.11. The van der Waals surface area contributed by atoms with Gasteiger partial charge >= 0.3 is 5.97 Å². The van der Waals surface area contributed by atoms with Crippen LogP contribution < -0.4 is 0 Å². The third kappa shape index (κ3) is 9.06. The molecule has 0 aromatic heterocycles. The van der Waals surface area contributed by atoms with Gasteiger partial charge in [-0.1, -0.05) is 43.1 Å². The van der Waals surface area contributed by atoms with Crippen LogP contribution in [0.1, 0.15) is 45.4 Å². The molecule has 0 bridgehead atoms. The maximum absolute atomic E-state index is 10.8. The highest BCUT2D eigenvalue weighted by atomic mass is 16.6. The summed E-state index contributed by atoms with van der Waals surface area (Å²) >= 11 is 0. The molecule has 0 amide bonds. The summed E-state index contributed by atoms with van der Waals surface area (Å²) in [6, 6.07) is 0. The normalized spacial score (nSPS) is 19.4. The molecule has 3 heteroatoms. The SMILES string of the molecule is CC/C=C\C=C/CCC[C@H]1O[C@@H]1C#CC#CCCC(=O)OC. The van der Waals surface area contributed by atoms with Crippen molar-refractivity contribution in [2.24, 2.45) is 0 Å². The average molecular weight is 300 g/mol. The Kier molecular flexibility index (Phi) is 9.59. The number of methoxy groups -OCH3 is 1. The van der Waals surface area contributed by atoms with Crippen LogP contribution in [-0.2, 0) is 14.3 Å². The number of esters is 1. The number of unbranched alkanes of at least 4 members (excludes halogenated alkanes) is 1. The number of epoxide rings is 1. The topological polar surface area (TPSA) is 38.8 Å². The summed E-state index contributed by atoms with van der Waals surface area (Å²) in [6.45, 7) is 2.12. The van der Waals surface area contributed by atoms with Gasteiger partial charge in [0.1, 0.15) is 6.10 Å². The van der Waals surface area contributed by atoms with E-state index >= 15 is 0 Å². The van der Waals surface area contributed by atoms with Gasteiger partial charge in [0.15, 0.2) is 0 Å².